The van der Waals surface area contributed by atoms with Gasteiger partial charge in [-0.25, -0.2) is 4.79 Å². The van der Waals surface area contributed by atoms with Crippen molar-refractivity contribution < 1.29 is 33.0 Å². The summed E-state index contributed by atoms with van der Waals surface area (Å²) in [6, 6.07) is 20.3. The summed E-state index contributed by atoms with van der Waals surface area (Å²) in [5, 5.41) is 1.81. The molecule has 0 atom stereocenters. The predicted molar refractivity (Wildman–Crippen MR) is 156 cm³/mol. The van der Waals surface area contributed by atoms with E-state index < -0.39 is 31.2 Å². The van der Waals surface area contributed by atoms with Gasteiger partial charge in [0.2, 0.25) is 0 Å². The first kappa shape index (κ1) is 30.8. The van der Waals surface area contributed by atoms with Gasteiger partial charge in [-0.2, -0.15) is 4.79 Å². The number of nitrogens with zero attached hydrogens (tertiary/aromatic N) is 2. The van der Waals surface area contributed by atoms with Crippen molar-refractivity contribution >= 4 is 36.2 Å². The third-order valence-electron chi connectivity index (χ3n) is 7.24. The minimum Gasteiger partial charge on any atom is -0.500 e. The summed E-state index contributed by atoms with van der Waals surface area (Å²) in [6.45, 7) is 8.13. The number of Topliss-reactive ketones (excluding diaryl/α,β-unsaturated/α-hetero) is 1. The summed E-state index contributed by atoms with van der Waals surface area (Å²) in [6.07, 6.45) is 3.96. The number of carbonyl (C=O) groups excluding carboxylic acids is 2. The first-order chi connectivity index (χ1) is 19.1. The number of hydrogen-bond acceptors (Lipinski definition) is 6. The normalized spacial score (nSPS) is 14.8. The Hall–Kier alpha value is -3.78. The van der Waals surface area contributed by atoms with Crippen LogP contribution in [0.25, 0.3) is 5.53 Å². The molecule has 0 fully saturated rings. The van der Waals surface area contributed by atoms with E-state index in [1.807, 2.05) is 48.6 Å². The van der Waals surface area contributed by atoms with Crippen LogP contribution in [0.1, 0.15) is 40.5 Å². The van der Waals surface area contributed by atoms with Crippen LogP contribution < -0.4 is 10.4 Å². The Morgan fingerprint density at radius 1 is 0.925 bits per heavy atom. The maximum atomic E-state index is 13.5. The molecule has 0 radical (unpaired) electrons. The Labute approximate surface area is 237 Å². The molecule has 0 bridgehead atoms. The van der Waals surface area contributed by atoms with Gasteiger partial charge in [-0.15, -0.1) is 0 Å². The summed E-state index contributed by atoms with van der Waals surface area (Å²) < 4.78 is 23.8. The molecule has 0 aromatic heterocycles. The molecule has 212 valence electrons. The first-order valence-electron chi connectivity index (χ1n) is 13.3. The molecule has 3 rings (SSSR count). The quantitative estimate of drug-likeness (QED) is 0.0958. The molecule has 0 saturated carbocycles. The second-order valence-electron chi connectivity index (χ2n) is 10.6. The summed E-state index contributed by atoms with van der Waals surface area (Å²) in [7, 11) is 0.0192. The van der Waals surface area contributed by atoms with Crippen LogP contribution in [0.4, 0.5) is 0 Å². The van der Waals surface area contributed by atoms with E-state index in [2.05, 4.69) is 49.8 Å². The van der Waals surface area contributed by atoms with Gasteiger partial charge in [-0.3, -0.25) is 4.79 Å². The summed E-state index contributed by atoms with van der Waals surface area (Å²) in [5.74, 6) is -0.780. The van der Waals surface area contributed by atoms with Gasteiger partial charge < -0.3 is 24.2 Å². The fraction of sp³-hybridized carbons (Fsp3) is 0.387. The van der Waals surface area contributed by atoms with Crippen LogP contribution in [-0.2, 0) is 28.2 Å². The van der Waals surface area contributed by atoms with Crippen molar-refractivity contribution in [3.05, 3.63) is 89.9 Å². The van der Waals surface area contributed by atoms with Crippen molar-refractivity contribution in [1.82, 2.24) is 0 Å². The maximum Gasteiger partial charge on any atom is 0.441 e. The Kier molecular flexibility index (Phi) is 10.0. The van der Waals surface area contributed by atoms with Crippen molar-refractivity contribution in [2.24, 2.45) is 5.41 Å². The van der Waals surface area contributed by atoms with Gasteiger partial charge >= 0.3 is 11.7 Å². The molecule has 0 saturated heterocycles. The number of carbonyl (C=O) groups is 2. The third-order valence-corrected chi connectivity index (χ3v) is 12.2. The number of rotatable bonds is 12. The van der Waals surface area contributed by atoms with E-state index in [1.165, 1.54) is 14.2 Å². The van der Waals surface area contributed by atoms with Crippen LogP contribution >= 0.6 is 0 Å². The van der Waals surface area contributed by atoms with Crippen LogP contribution in [-0.4, -0.2) is 58.0 Å². The molecule has 0 amide bonds. The van der Waals surface area contributed by atoms with Crippen LogP contribution in [0.2, 0.25) is 5.04 Å². The number of benzene rings is 2. The van der Waals surface area contributed by atoms with E-state index in [1.54, 1.807) is 6.92 Å². The van der Waals surface area contributed by atoms with Gasteiger partial charge in [0.25, 0.3) is 14.1 Å². The fourth-order valence-corrected chi connectivity index (χ4v) is 10.1. The first-order valence-corrected chi connectivity index (χ1v) is 15.2. The van der Waals surface area contributed by atoms with Crippen molar-refractivity contribution in [3.63, 3.8) is 0 Å². The van der Waals surface area contributed by atoms with Crippen molar-refractivity contribution in [2.45, 2.75) is 45.6 Å². The summed E-state index contributed by atoms with van der Waals surface area (Å²) in [5.41, 5.74) is 7.65. The van der Waals surface area contributed by atoms with Crippen LogP contribution in [0.15, 0.2) is 84.3 Å². The molecule has 0 heterocycles. The van der Waals surface area contributed by atoms with Crippen LogP contribution in [0.5, 0.6) is 0 Å². The second-order valence-corrected chi connectivity index (χ2v) is 14.9. The lowest BCUT2D eigenvalue weighted by molar-refractivity contribution is -0.142. The maximum absolute atomic E-state index is 13.5. The zero-order valence-corrected chi connectivity index (χ0v) is 25.1. The van der Waals surface area contributed by atoms with Gasteiger partial charge in [0.1, 0.15) is 16.9 Å². The lowest BCUT2D eigenvalue weighted by Gasteiger charge is -2.46. The van der Waals surface area contributed by atoms with Gasteiger partial charge in [0, 0.05) is 6.42 Å². The van der Waals surface area contributed by atoms with E-state index in [0.29, 0.717) is 17.9 Å². The predicted octanol–water partition coefficient (Wildman–Crippen LogP) is 4.21. The lowest BCUT2D eigenvalue weighted by Crippen LogP contribution is -2.67. The Bertz CT molecular complexity index is 1250. The fourth-order valence-electron chi connectivity index (χ4n) is 5.47. The zero-order chi connectivity index (χ0) is 29.4. The van der Waals surface area contributed by atoms with Gasteiger partial charge in [-0.1, -0.05) is 81.4 Å². The van der Waals surface area contributed by atoms with E-state index >= 15 is 0 Å². The standard InChI is InChI=1S/C31H38N2O6Si/c1-7-38-29(35)28(33-32)25(34)21-31(26(36-5)19-14-20-27(31)37-6)22-39-40(30(2,3)4,23-15-10-8-11-16-23)24-17-12-9-13-18-24/h8-13,15-20H,7,14,21-22H2,1-6H3. The minimum atomic E-state index is -3.03. The summed E-state index contributed by atoms with van der Waals surface area (Å²) in [4.78, 5) is 29.0. The van der Waals surface area contributed by atoms with Crippen molar-refractivity contribution in [3.8, 4) is 0 Å². The summed E-state index contributed by atoms with van der Waals surface area (Å²) >= 11 is 0. The monoisotopic (exact) mass is 562 g/mol. The largest absolute Gasteiger partial charge is 0.500 e. The van der Waals surface area contributed by atoms with Crippen LogP contribution in [0.3, 0.4) is 0 Å². The molecule has 2 aromatic carbocycles. The van der Waals surface area contributed by atoms with E-state index in [4.69, 9.17) is 18.6 Å². The Balaban J connectivity index is 2.21. The second kappa shape index (κ2) is 13.0. The zero-order valence-electron chi connectivity index (χ0n) is 24.1. The molecule has 40 heavy (non-hydrogen) atoms. The number of methoxy groups -OCH3 is 2. The highest BCUT2D eigenvalue weighted by Gasteiger charge is 2.54. The van der Waals surface area contributed by atoms with E-state index in [0.717, 1.165) is 10.4 Å². The van der Waals surface area contributed by atoms with Crippen molar-refractivity contribution in [2.75, 3.05) is 27.4 Å². The molecular weight excluding hydrogens is 524 g/mol. The average molecular weight is 563 g/mol. The highest BCUT2D eigenvalue weighted by molar-refractivity contribution is 6.99. The SMILES string of the molecule is CCOC(=O)C(=[N+]=[N-])C(=O)CC1(CO[Si](c2ccccc2)(c2ccccc2)C(C)(C)C)C(OC)=CCC=C1OC. The molecule has 0 spiro atoms. The number of allylic oxidation sites excluding steroid dienone is 2. The molecular formula is C31H38N2O6Si. The van der Waals surface area contributed by atoms with Gasteiger partial charge in [-0.05, 0) is 40.9 Å². The highest BCUT2D eigenvalue weighted by atomic mass is 28.4. The van der Waals surface area contributed by atoms with Gasteiger partial charge in [0.15, 0.2) is 0 Å². The number of ether oxygens (including phenoxy) is 3. The molecule has 8 nitrogen and oxygen atoms in total. The third kappa shape index (κ3) is 5.87. The molecule has 9 heteroatoms. The Morgan fingerprint density at radius 3 is 1.82 bits per heavy atom. The number of hydrogen-bond donors (Lipinski definition) is 0. The number of esters is 1. The number of ketones is 1. The average Bonchev–Trinajstić information content (AvgIpc) is 2.94. The molecule has 1 aliphatic rings. The van der Waals surface area contributed by atoms with Gasteiger partial charge in [0.05, 0.1) is 27.4 Å². The molecule has 1 aliphatic carbocycles. The highest BCUT2D eigenvalue weighted by Crippen LogP contribution is 2.46. The van der Waals surface area contributed by atoms with E-state index in [9.17, 15) is 15.1 Å². The topological polar surface area (TPSA) is 107 Å². The van der Waals surface area contributed by atoms with E-state index in [-0.39, 0.29) is 24.7 Å². The van der Waals surface area contributed by atoms with Crippen LogP contribution in [0, 0.1) is 5.41 Å². The lowest BCUT2D eigenvalue weighted by atomic mass is 9.76. The van der Waals surface area contributed by atoms with Crippen molar-refractivity contribution in [1.29, 1.82) is 0 Å². The molecule has 2 aromatic rings. The Morgan fingerprint density at radius 2 is 1.43 bits per heavy atom. The molecule has 0 aliphatic heterocycles. The molecule has 0 N–H and O–H groups in total. The smallest absolute Gasteiger partial charge is 0.441 e. The molecule has 0 unspecified atom stereocenters. The minimum absolute atomic E-state index is 0.00685.